The van der Waals surface area contributed by atoms with Crippen molar-refractivity contribution in [1.82, 2.24) is 4.98 Å². The third-order valence-corrected chi connectivity index (χ3v) is 3.97. The van der Waals surface area contributed by atoms with E-state index in [4.69, 9.17) is 5.73 Å². The van der Waals surface area contributed by atoms with Crippen LogP contribution in [0.3, 0.4) is 0 Å². The molecule has 1 aromatic rings. The fourth-order valence-electron chi connectivity index (χ4n) is 2.41. The Kier molecular flexibility index (Phi) is 3.82. The molecule has 16 heavy (non-hydrogen) atoms. The second-order valence-electron chi connectivity index (χ2n) is 4.44. The van der Waals surface area contributed by atoms with Crippen molar-refractivity contribution in [3.63, 3.8) is 0 Å². The van der Waals surface area contributed by atoms with Crippen molar-refractivity contribution in [3.05, 3.63) is 22.8 Å². The summed E-state index contributed by atoms with van der Waals surface area (Å²) in [5.74, 6) is 0.991. The Morgan fingerprint density at radius 3 is 2.88 bits per heavy atom. The van der Waals surface area contributed by atoms with Crippen molar-refractivity contribution in [2.45, 2.75) is 37.8 Å². The molecule has 2 atom stereocenters. The maximum absolute atomic E-state index is 6.18. The average molecular weight is 284 g/mol. The third-order valence-electron chi connectivity index (χ3n) is 3.35. The molecule has 1 saturated carbocycles. The van der Waals surface area contributed by atoms with Gasteiger partial charge in [-0.05, 0) is 40.9 Å². The van der Waals surface area contributed by atoms with E-state index in [0.29, 0.717) is 6.04 Å². The minimum Gasteiger partial charge on any atom is -0.354 e. The van der Waals surface area contributed by atoms with Gasteiger partial charge in [0.1, 0.15) is 5.82 Å². The van der Waals surface area contributed by atoms with E-state index < -0.39 is 0 Å². The molecule has 4 heteroatoms. The van der Waals surface area contributed by atoms with Gasteiger partial charge in [-0.15, -0.1) is 0 Å². The average Bonchev–Trinajstić information content (AvgIpc) is 2.29. The number of anilines is 1. The zero-order valence-electron chi connectivity index (χ0n) is 9.56. The monoisotopic (exact) mass is 283 g/mol. The lowest BCUT2D eigenvalue weighted by atomic mass is 9.90. The van der Waals surface area contributed by atoms with Crippen LogP contribution < -0.4 is 10.6 Å². The maximum atomic E-state index is 6.18. The summed E-state index contributed by atoms with van der Waals surface area (Å²) in [6.07, 6.45) is 6.65. The molecule has 2 N–H and O–H groups in total. The largest absolute Gasteiger partial charge is 0.354 e. The van der Waals surface area contributed by atoms with E-state index in [-0.39, 0.29) is 6.04 Å². The van der Waals surface area contributed by atoms with Crippen LogP contribution in [0.1, 0.15) is 25.7 Å². The van der Waals surface area contributed by atoms with Gasteiger partial charge >= 0.3 is 0 Å². The first-order valence-corrected chi connectivity index (χ1v) is 6.58. The molecule has 1 aliphatic carbocycles. The molecule has 3 nitrogen and oxygen atoms in total. The van der Waals surface area contributed by atoms with Crippen molar-refractivity contribution in [1.29, 1.82) is 0 Å². The molecule has 0 radical (unpaired) electrons. The van der Waals surface area contributed by atoms with Gasteiger partial charge in [0, 0.05) is 25.3 Å². The van der Waals surface area contributed by atoms with Crippen LogP contribution in [0.15, 0.2) is 22.8 Å². The molecule has 0 aromatic carbocycles. The number of halogens is 1. The highest BCUT2D eigenvalue weighted by Crippen LogP contribution is 2.28. The quantitative estimate of drug-likeness (QED) is 0.907. The second kappa shape index (κ2) is 5.15. The highest BCUT2D eigenvalue weighted by molar-refractivity contribution is 9.10. The van der Waals surface area contributed by atoms with Crippen molar-refractivity contribution < 1.29 is 0 Å². The Morgan fingerprint density at radius 2 is 2.19 bits per heavy atom. The van der Waals surface area contributed by atoms with Gasteiger partial charge < -0.3 is 10.6 Å². The second-order valence-corrected chi connectivity index (χ2v) is 5.29. The first-order chi connectivity index (χ1) is 7.70. The fraction of sp³-hybridized carbons (Fsp3) is 0.583. The van der Waals surface area contributed by atoms with Crippen molar-refractivity contribution in [2.24, 2.45) is 5.73 Å². The van der Waals surface area contributed by atoms with E-state index in [1.54, 1.807) is 0 Å². The van der Waals surface area contributed by atoms with Gasteiger partial charge in [0.15, 0.2) is 0 Å². The Labute approximate surface area is 105 Å². The van der Waals surface area contributed by atoms with Crippen LogP contribution in [0.4, 0.5) is 5.82 Å². The molecule has 0 spiro atoms. The lowest BCUT2D eigenvalue weighted by Crippen LogP contribution is -2.48. The number of nitrogens with two attached hydrogens (primary N) is 1. The summed E-state index contributed by atoms with van der Waals surface area (Å²) < 4.78 is 1.04. The van der Waals surface area contributed by atoms with E-state index in [2.05, 4.69) is 32.9 Å². The maximum Gasteiger partial charge on any atom is 0.142 e. The zero-order chi connectivity index (χ0) is 11.5. The van der Waals surface area contributed by atoms with E-state index in [0.717, 1.165) is 16.7 Å². The molecule has 2 rings (SSSR count). The molecular formula is C12H18BrN3. The Hall–Kier alpha value is -0.610. The van der Waals surface area contributed by atoms with E-state index >= 15 is 0 Å². The van der Waals surface area contributed by atoms with Crippen LogP contribution in [-0.2, 0) is 0 Å². The lowest BCUT2D eigenvalue weighted by molar-refractivity contribution is 0.372. The molecular weight excluding hydrogens is 266 g/mol. The smallest absolute Gasteiger partial charge is 0.142 e. The Morgan fingerprint density at radius 1 is 1.44 bits per heavy atom. The summed E-state index contributed by atoms with van der Waals surface area (Å²) >= 11 is 3.54. The molecule has 1 heterocycles. The number of pyridine rings is 1. The highest BCUT2D eigenvalue weighted by atomic mass is 79.9. The van der Waals surface area contributed by atoms with Crippen LogP contribution in [-0.4, -0.2) is 24.1 Å². The predicted octanol–water partition coefficient (Wildman–Crippen LogP) is 2.55. The molecule has 88 valence electrons. The van der Waals surface area contributed by atoms with E-state index in [9.17, 15) is 0 Å². The minimum atomic E-state index is 0.271. The number of rotatable bonds is 2. The fourth-order valence-corrected chi connectivity index (χ4v) is 2.95. The van der Waals surface area contributed by atoms with Crippen molar-refractivity contribution in [2.75, 3.05) is 11.9 Å². The van der Waals surface area contributed by atoms with Gasteiger partial charge in [-0.3, -0.25) is 0 Å². The van der Waals surface area contributed by atoms with E-state index in [1.807, 2.05) is 18.3 Å². The van der Waals surface area contributed by atoms with Crippen molar-refractivity contribution >= 4 is 21.7 Å². The zero-order valence-corrected chi connectivity index (χ0v) is 11.2. The molecule has 0 bridgehead atoms. The van der Waals surface area contributed by atoms with E-state index in [1.165, 1.54) is 19.3 Å². The number of hydrogen-bond acceptors (Lipinski definition) is 3. The summed E-state index contributed by atoms with van der Waals surface area (Å²) in [5, 5.41) is 0. The highest BCUT2D eigenvalue weighted by Gasteiger charge is 2.26. The molecule has 0 aliphatic heterocycles. The van der Waals surface area contributed by atoms with Gasteiger partial charge in [-0.1, -0.05) is 12.8 Å². The van der Waals surface area contributed by atoms with Crippen LogP contribution >= 0.6 is 15.9 Å². The Bertz CT molecular complexity index is 356. The number of nitrogens with zero attached hydrogens (tertiary/aromatic N) is 2. The summed E-state index contributed by atoms with van der Waals surface area (Å²) in [7, 11) is 2.09. The van der Waals surface area contributed by atoms with Gasteiger partial charge in [-0.25, -0.2) is 4.98 Å². The minimum absolute atomic E-state index is 0.271. The predicted molar refractivity (Wildman–Crippen MR) is 70.6 cm³/mol. The molecule has 1 aromatic heterocycles. The third kappa shape index (κ3) is 2.38. The summed E-state index contributed by atoms with van der Waals surface area (Å²) in [6.45, 7) is 0. The van der Waals surface area contributed by atoms with Gasteiger partial charge in [0.2, 0.25) is 0 Å². The first-order valence-electron chi connectivity index (χ1n) is 5.79. The molecule has 2 unspecified atom stereocenters. The van der Waals surface area contributed by atoms with Crippen LogP contribution in [0.5, 0.6) is 0 Å². The number of likely N-dealkylation sites (N-methyl/N-ethyl adjacent to an activating group) is 1. The summed E-state index contributed by atoms with van der Waals surface area (Å²) in [4.78, 5) is 6.63. The van der Waals surface area contributed by atoms with Gasteiger partial charge in [0.25, 0.3) is 0 Å². The van der Waals surface area contributed by atoms with Gasteiger partial charge in [0.05, 0.1) is 4.47 Å². The molecule has 0 saturated heterocycles. The van der Waals surface area contributed by atoms with Crippen LogP contribution in [0.25, 0.3) is 0 Å². The molecule has 1 aliphatic rings. The molecule has 1 fully saturated rings. The molecule has 0 amide bonds. The normalized spacial score (nSPS) is 25.4. The van der Waals surface area contributed by atoms with Crippen LogP contribution in [0.2, 0.25) is 0 Å². The SMILES string of the molecule is CN(c1ncccc1Br)C1CCCCC1N. The number of aromatic nitrogens is 1. The number of hydrogen-bond donors (Lipinski definition) is 1. The standard InChI is InChI=1S/C12H18BrN3/c1-16(11-7-3-2-6-10(11)14)12-9(13)5-4-8-15-12/h4-5,8,10-11H,2-3,6-7,14H2,1H3. The lowest BCUT2D eigenvalue weighted by Gasteiger charge is -2.37. The van der Waals surface area contributed by atoms with Crippen molar-refractivity contribution in [3.8, 4) is 0 Å². The Balaban J connectivity index is 2.17. The summed E-state index contributed by atoms with van der Waals surface area (Å²) in [5.41, 5.74) is 6.18. The first kappa shape index (κ1) is 11.9. The summed E-state index contributed by atoms with van der Waals surface area (Å²) in [6, 6.07) is 4.64. The van der Waals surface area contributed by atoms with Gasteiger partial charge in [-0.2, -0.15) is 0 Å². The topological polar surface area (TPSA) is 42.2 Å². The van der Waals surface area contributed by atoms with Crippen LogP contribution in [0, 0.1) is 0 Å².